The van der Waals surface area contributed by atoms with Crippen LogP contribution in [-0.4, -0.2) is 11.0 Å². The first-order valence-electron chi connectivity index (χ1n) is 18.3. The van der Waals surface area contributed by atoms with E-state index in [9.17, 15) is 0 Å². The topological polar surface area (TPSA) is 0 Å². The molecule has 8 rings (SSSR count). The van der Waals surface area contributed by atoms with E-state index in [2.05, 4.69) is 189 Å². The van der Waals surface area contributed by atoms with Crippen LogP contribution in [0.3, 0.4) is 0 Å². The standard InChI is InChI=1S/2C13H9.2C9H13.2C2H6Si.2ClH.2Hf/c2*1-3-7-12-10(5-1)9-11-6-2-4-8-13(11)12;2*1-9(2,3)8-6-4-5-7-8;2*1-3-2;;;;/h2*1-5,7-8H,9H2;2*6-7H,4H2,1-3H3;2*1-2H3;2*1H;;/q4*-1;;;;;2*+2/p-2. The molecule has 0 saturated heterocycles. The second kappa shape index (κ2) is 25.1. The molecule has 0 amide bonds. The zero-order chi connectivity index (χ0) is 38.3. The molecule has 0 bridgehead atoms. The van der Waals surface area contributed by atoms with Crippen molar-refractivity contribution < 1.29 is 70.8 Å². The van der Waals surface area contributed by atoms with E-state index >= 15 is 0 Å². The van der Waals surface area contributed by atoms with Gasteiger partial charge in [0, 0.05) is 0 Å². The predicted octanol–water partition coefficient (Wildman–Crippen LogP) is 7.14. The molecule has 0 aliphatic heterocycles. The summed E-state index contributed by atoms with van der Waals surface area (Å²) in [6.45, 7) is 22.7. The van der Waals surface area contributed by atoms with E-state index in [4.69, 9.17) is 0 Å². The molecule has 0 aromatic heterocycles. The van der Waals surface area contributed by atoms with Gasteiger partial charge in [-0.1, -0.05) is 123 Å². The van der Waals surface area contributed by atoms with Crippen LogP contribution in [0.1, 0.15) is 76.6 Å². The molecule has 54 heavy (non-hydrogen) atoms. The zero-order valence-electron chi connectivity index (χ0n) is 34.0. The summed E-state index contributed by atoms with van der Waals surface area (Å²) in [5, 5.41) is 0. The van der Waals surface area contributed by atoms with E-state index in [0.717, 1.165) is 25.7 Å². The van der Waals surface area contributed by atoms with E-state index in [1.54, 1.807) is 0 Å². The van der Waals surface area contributed by atoms with Crippen LogP contribution in [0, 0.1) is 35.1 Å². The summed E-state index contributed by atoms with van der Waals surface area (Å²) >= 11 is 2.90. The SMILES string of the molecule is CC(C)(C)C1=CC[C-]=C1.CC(C)(C)C1=CC[C-]=C1.C[Si](C)=[Hf+2].C[Si](C)=[Hf+2].[Cl-].[Cl-].[c-]1cccc2c1Cc1ccccc1-2.[c-]1cccc2c1Cc1ccccc1-2. The Labute approximate surface area is 371 Å². The van der Waals surface area contributed by atoms with E-state index in [0.29, 0.717) is 10.8 Å². The fourth-order valence-electron chi connectivity index (χ4n) is 5.83. The van der Waals surface area contributed by atoms with Crippen LogP contribution in [-0.2, 0) is 58.8 Å². The van der Waals surface area contributed by atoms with Crippen LogP contribution in [0.2, 0.25) is 26.2 Å². The maximum Gasteiger partial charge on any atom is -0.0253 e. The van der Waals surface area contributed by atoms with Gasteiger partial charge in [0.2, 0.25) is 0 Å². The van der Waals surface area contributed by atoms with Gasteiger partial charge in [-0.05, 0) is 12.8 Å². The Bertz CT molecular complexity index is 1700. The molecule has 0 unspecified atom stereocenters. The number of hydrogen-bond acceptors (Lipinski definition) is 0. The van der Waals surface area contributed by atoms with Crippen molar-refractivity contribution in [1.29, 1.82) is 0 Å². The van der Waals surface area contributed by atoms with Gasteiger partial charge in [-0.15, -0.1) is 24.0 Å². The molecule has 0 nitrogen and oxygen atoms in total. The first-order chi connectivity index (χ1) is 24.6. The number of fused-ring (bicyclic) bond motifs is 6. The summed E-state index contributed by atoms with van der Waals surface area (Å²) in [5.74, 6) is 0. The second-order valence-corrected chi connectivity index (χ2v) is 41.3. The van der Waals surface area contributed by atoms with Crippen molar-refractivity contribution in [1.82, 2.24) is 0 Å². The van der Waals surface area contributed by atoms with Gasteiger partial charge in [-0.2, -0.15) is 83.0 Å². The molecule has 0 fully saturated rings. The smallest absolute Gasteiger partial charge is 0.0253 e. The quantitative estimate of drug-likeness (QED) is 0.112. The maximum atomic E-state index is 3.30. The molecule has 4 aromatic carbocycles. The molecule has 0 saturated carbocycles. The Morgan fingerprint density at radius 2 is 0.815 bits per heavy atom. The molecule has 0 radical (unpaired) electrons. The third-order valence-electron chi connectivity index (χ3n) is 8.36. The number of rotatable bonds is 0. The largest absolute Gasteiger partial charge is 1.00 e. The van der Waals surface area contributed by atoms with Crippen molar-refractivity contribution >= 4 is 11.0 Å². The first-order valence-corrected chi connectivity index (χ1v) is 34.1. The molecule has 0 atom stereocenters. The summed E-state index contributed by atoms with van der Waals surface area (Å²) in [6, 6.07) is 36.2. The van der Waals surface area contributed by atoms with Crippen LogP contribution < -0.4 is 24.8 Å². The second-order valence-electron chi connectivity index (χ2n) is 15.7. The minimum absolute atomic E-state index is 0. The normalized spacial score (nSPS) is 13.1. The van der Waals surface area contributed by atoms with Crippen molar-refractivity contribution in [2.75, 3.05) is 0 Å². The van der Waals surface area contributed by atoms with Gasteiger partial charge in [0.1, 0.15) is 0 Å². The summed E-state index contributed by atoms with van der Waals surface area (Å²) in [6.07, 6.45) is 19.1. The average Bonchev–Trinajstić information content (AvgIpc) is 3.91. The summed E-state index contributed by atoms with van der Waals surface area (Å²) in [5.41, 5.74) is 15.0. The third kappa shape index (κ3) is 17.4. The molecule has 0 heterocycles. The molecule has 6 heteroatoms. The summed E-state index contributed by atoms with van der Waals surface area (Å²) < 4.78 is 0. The molecular formula is C48H56Cl2Hf2Si2-2. The van der Waals surface area contributed by atoms with Gasteiger partial charge in [0.15, 0.2) is 0 Å². The zero-order valence-corrected chi connectivity index (χ0v) is 44.7. The van der Waals surface area contributed by atoms with E-state index < -0.39 is 0 Å². The monoisotopic (exact) mass is 1120 g/mol. The average molecular weight is 1120 g/mol. The predicted molar refractivity (Wildman–Crippen MR) is 222 cm³/mol. The third-order valence-corrected chi connectivity index (χ3v) is 8.36. The Morgan fingerprint density at radius 3 is 1.09 bits per heavy atom. The molecular weight excluding hydrogens is 1060 g/mol. The molecule has 0 spiro atoms. The van der Waals surface area contributed by atoms with E-state index in [-0.39, 0.29) is 35.8 Å². The van der Waals surface area contributed by atoms with Crippen LogP contribution in [0.4, 0.5) is 0 Å². The Kier molecular flexibility index (Phi) is 23.5. The van der Waals surface area contributed by atoms with Crippen molar-refractivity contribution in [3.63, 3.8) is 0 Å². The fourth-order valence-corrected chi connectivity index (χ4v) is 5.83. The Balaban J connectivity index is 0.000000338. The van der Waals surface area contributed by atoms with Crippen LogP contribution in [0.15, 0.2) is 120 Å². The molecule has 4 aliphatic carbocycles. The Hall–Kier alpha value is -1.41. The van der Waals surface area contributed by atoms with Crippen molar-refractivity contribution in [2.45, 2.75) is 93.4 Å². The maximum absolute atomic E-state index is 3.30. The minimum Gasteiger partial charge on any atom is -1.00 e. The van der Waals surface area contributed by atoms with Crippen LogP contribution in [0.5, 0.6) is 0 Å². The van der Waals surface area contributed by atoms with Gasteiger partial charge in [-0.3, -0.25) is 12.2 Å². The molecule has 4 aliphatic rings. The number of allylic oxidation sites excluding steroid dienone is 8. The van der Waals surface area contributed by atoms with Gasteiger partial charge in [-0.25, -0.2) is 12.2 Å². The molecule has 0 N–H and O–H groups in total. The summed E-state index contributed by atoms with van der Waals surface area (Å²) in [4.78, 5) is 0. The van der Waals surface area contributed by atoms with E-state index in [1.165, 1.54) is 102 Å². The van der Waals surface area contributed by atoms with Gasteiger partial charge < -0.3 is 24.8 Å². The van der Waals surface area contributed by atoms with E-state index in [1.807, 2.05) is 12.1 Å². The van der Waals surface area contributed by atoms with Crippen molar-refractivity contribution in [3.05, 3.63) is 167 Å². The van der Waals surface area contributed by atoms with Crippen LogP contribution >= 0.6 is 0 Å². The van der Waals surface area contributed by atoms with Gasteiger partial charge >= 0.3 is 83.2 Å². The summed E-state index contributed by atoms with van der Waals surface area (Å²) in [7, 11) is 0. The fraction of sp³-hybridized carbons (Fsp3) is 0.333. The van der Waals surface area contributed by atoms with Crippen molar-refractivity contribution in [2.24, 2.45) is 10.8 Å². The molecule has 4 aromatic rings. The van der Waals surface area contributed by atoms with Gasteiger partial charge in [0.25, 0.3) is 0 Å². The first kappa shape index (κ1) is 50.6. The van der Waals surface area contributed by atoms with Crippen LogP contribution in [0.25, 0.3) is 22.3 Å². The number of benzene rings is 4. The molecule has 280 valence electrons. The van der Waals surface area contributed by atoms with Crippen molar-refractivity contribution in [3.8, 4) is 22.3 Å². The Morgan fingerprint density at radius 1 is 0.500 bits per heavy atom. The number of hydrogen-bond donors (Lipinski definition) is 0. The minimum atomic E-state index is 0. The van der Waals surface area contributed by atoms with Gasteiger partial charge in [0.05, 0.1) is 0 Å². The number of halogens is 2.